The zero-order valence-electron chi connectivity index (χ0n) is 20.2. The maximum absolute atomic E-state index is 14.3. The highest BCUT2D eigenvalue weighted by Gasteiger charge is 2.32. The first-order valence-corrected chi connectivity index (χ1v) is 12.6. The number of aldehydes is 1. The molecule has 0 radical (unpaired) electrons. The molecule has 182 valence electrons. The molecule has 1 fully saturated rings. The molecule has 0 spiro atoms. The molecule has 0 aliphatic heterocycles. The van der Waals surface area contributed by atoms with Crippen molar-refractivity contribution in [1.82, 2.24) is 15.5 Å². The van der Waals surface area contributed by atoms with Crippen LogP contribution < -0.4 is 5.32 Å². The number of benzene rings is 3. The van der Waals surface area contributed by atoms with Crippen molar-refractivity contribution in [2.24, 2.45) is 5.92 Å². The molecule has 1 heterocycles. The number of nitrogens with zero attached hydrogens (tertiary/aromatic N) is 2. The summed E-state index contributed by atoms with van der Waals surface area (Å²) in [5.41, 5.74) is 6.77. The zero-order valence-corrected chi connectivity index (χ0v) is 20.2. The molecule has 1 atom stereocenters. The van der Waals surface area contributed by atoms with Crippen LogP contribution >= 0.6 is 0 Å². The minimum atomic E-state index is -0.240. The topological polar surface area (TPSA) is 68.0 Å². The second-order valence-corrected chi connectivity index (χ2v) is 10.0. The van der Waals surface area contributed by atoms with Gasteiger partial charge in [-0.25, -0.2) is 4.39 Å². The smallest absolute Gasteiger partial charge is 0.258 e. The van der Waals surface area contributed by atoms with E-state index in [0.717, 1.165) is 60.6 Å². The van der Waals surface area contributed by atoms with E-state index >= 15 is 0 Å². The van der Waals surface area contributed by atoms with Gasteiger partial charge in [0.15, 0.2) is 0 Å². The highest BCUT2D eigenvalue weighted by Crippen LogP contribution is 2.36. The van der Waals surface area contributed by atoms with Gasteiger partial charge in [0.1, 0.15) is 12.1 Å². The second-order valence-electron chi connectivity index (χ2n) is 10.0. The van der Waals surface area contributed by atoms with E-state index in [1.807, 2.05) is 31.2 Å². The lowest BCUT2D eigenvalue weighted by Gasteiger charge is -2.37. The molecule has 6 heteroatoms. The Hall–Kier alpha value is -3.64. The summed E-state index contributed by atoms with van der Waals surface area (Å²) in [6.07, 6.45) is 6.24. The standard InChI is InChI=1S/C30H28FN3O2/c1-18-13-22(10-11-24(18)26-6-2-3-7-27(26)31)30-33-29(34-36-30)21-9-12-25-20(16-21)5-4-8-28(25)32-23-14-19(15-23)17-35/h2-3,6-7,9-13,16-17,19,23,28,32H,4-5,8,14-15H2,1H3. The fourth-order valence-electron chi connectivity index (χ4n) is 5.56. The monoisotopic (exact) mass is 481 g/mol. The average molecular weight is 482 g/mol. The van der Waals surface area contributed by atoms with Crippen molar-refractivity contribution in [3.63, 3.8) is 0 Å². The number of fused-ring (bicyclic) bond motifs is 1. The fraction of sp³-hybridized carbons (Fsp3) is 0.300. The Kier molecular flexibility index (Phi) is 5.97. The van der Waals surface area contributed by atoms with Gasteiger partial charge in [-0.05, 0) is 85.5 Å². The lowest BCUT2D eigenvalue weighted by atomic mass is 9.79. The Morgan fingerprint density at radius 1 is 1.03 bits per heavy atom. The summed E-state index contributed by atoms with van der Waals surface area (Å²) < 4.78 is 19.9. The van der Waals surface area contributed by atoms with Crippen LogP contribution in [-0.4, -0.2) is 22.5 Å². The fourth-order valence-corrected chi connectivity index (χ4v) is 5.56. The molecule has 1 unspecified atom stereocenters. The normalized spacial score (nSPS) is 21.0. The first-order valence-electron chi connectivity index (χ1n) is 12.6. The zero-order chi connectivity index (χ0) is 24.6. The molecule has 0 amide bonds. The molecule has 4 aromatic rings. The van der Waals surface area contributed by atoms with Crippen LogP contribution in [0.1, 0.15) is 48.4 Å². The number of carbonyl (C=O) groups excluding carboxylic acids is 1. The van der Waals surface area contributed by atoms with Gasteiger partial charge in [-0.1, -0.05) is 41.6 Å². The van der Waals surface area contributed by atoms with E-state index in [-0.39, 0.29) is 11.7 Å². The summed E-state index contributed by atoms with van der Waals surface area (Å²) >= 11 is 0. The van der Waals surface area contributed by atoms with Gasteiger partial charge in [-0.2, -0.15) is 4.98 Å². The number of aromatic nitrogens is 2. The van der Waals surface area contributed by atoms with Crippen molar-refractivity contribution in [3.8, 4) is 34.0 Å². The van der Waals surface area contributed by atoms with Crippen molar-refractivity contribution in [2.45, 2.75) is 51.1 Å². The molecule has 2 aliphatic rings. The maximum Gasteiger partial charge on any atom is 0.258 e. The first-order chi connectivity index (χ1) is 17.6. The van der Waals surface area contributed by atoms with Crippen molar-refractivity contribution in [2.75, 3.05) is 0 Å². The lowest BCUT2D eigenvalue weighted by molar-refractivity contribution is -0.113. The van der Waals surface area contributed by atoms with Gasteiger partial charge in [0.25, 0.3) is 5.89 Å². The van der Waals surface area contributed by atoms with E-state index in [2.05, 4.69) is 33.7 Å². The molecule has 1 saturated carbocycles. The van der Waals surface area contributed by atoms with Gasteiger partial charge in [0, 0.05) is 34.7 Å². The molecular weight excluding hydrogens is 453 g/mol. The summed E-state index contributed by atoms with van der Waals surface area (Å²) in [5.74, 6) is 0.989. The summed E-state index contributed by atoms with van der Waals surface area (Å²) in [4.78, 5) is 15.6. The van der Waals surface area contributed by atoms with Crippen LogP contribution in [0, 0.1) is 18.7 Å². The van der Waals surface area contributed by atoms with Crippen molar-refractivity contribution in [3.05, 3.63) is 83.2 Å². The third-order valence-corrected chi connectivity index (χ3v) is 7.58. The van der Waals surface area contributed by atoms with Gasteiger partial charge < -0.3 is 14.6 Å². The van der Waals surface area contributed by atoms with E-state index in [0.29, 0.717) is 29.4 Å². The third-order valence-electron chi connectivity index (χ3n) is 7.58. The molecule has 1 N–H and O–H groups in total. The van der Waals surface area contributed by atoms with Gasteiger partial charge in [0.05, 0.1) is 0 Å². The van der Waals surface area contributed by atoms with Crippen molar-refractivity contribution >= 4 is 6.29 Å². The van der Waals surface area contributed by atoms with Crippen LogP contribution in [0.5, 0.6) is 0 Å². The lowest BCUT2D eigenvalue weighted by Crippen LogP contribution is -2.44. The van der Waals surface area contributed by atoms with Gasteiger partial charge in [0.2, 0.25) is 5.82 Å². The first kappa shape index (κ1) is 22.8. The summed E-state index contributed by atoms with van der Waals surface area (Å²) in [5, 5.41) is 8.00. The highest BCUT2D eigenvalue weighted by atomic mass is 19.1. The van der Waals surface area contributed by atoms with Crippen molar-refractivity contribution in [1.29, 1.82) is 0 Å². The van der Waals surface area contributed by atoms with E-state index in [1.165, 1.54) is 17.2 Å². The average Bonchev–Trinajstić information content (AvgIpc) is 3.37. The van der Waals surface area contributed by atoms with E-state index in [9.17, 15) is 9.18 Å². The number of nitrogens with one attached hydrogen (secondary N) is 1. The van der Waals surface area contributed by atoms with Crippen LogP contribution in [0.25, 0.3) is 34.0 Å². The number of rotatable bonds is 6. The predicted molar refractivity (Wildman–Crippen MR) is 137 cm³/mol. The van der Waals surface area contributed by atoms with Crippen LogP contribution in [0.4, 0.5) is 4.39 Å². The Morgan fingerprint density at radius 3 is 2.67 bits per heavy atom. The summed E-state index contributed by atoms with van der Waals surface area (Å²) in [7, 11) is 0. The Bertz CT molecular complexity index is 1420. The van der Waals surface area contributed by atoms with Gasteiger partial charge in [-0.15, -0.1) is 0 Å². The van der Waals surface area contributed by atoms with E-state index < -0.39 is 0 Å². The second kappa shape index (κ2) is 9.43. The number of hydrogen-bond donors (Lipinski definition) is 1. The van der Waals surface area contributed by atoms with Crippen LogP contribution in [0.15, 0.2) is 65.2 Å². The quantitative estimate of drug-likeness (QED) is 0.320. The molecule has 6 rings (SSSR count). The molecular formula is C30H28FN3O2. The van der Waals surface area contributed by atoms with Gasteiger partial charge in [-0.3, -0.25) is 0 Å². The largest absolute Gasteiger partial charge is 0.334 e. The SMILES string of the molecule is Cc1cc(-c2nc(-c3ccc4c(c3)CCCC4NC3CC(C=O)C3)no2)ccc1-c1ccccc1F. The molecule has 36 heavy (non-hydrogen) atoms. The minimum absolute atomic E-state index is 0.222. The van der Waals surface area contributed by atoms with E-state index in [4.69, 9.17) is 4.52 Å². The predicted octanol–water partition coefficient (Wildman–Crippen LogP) is 6.46. The molecule has 2 aliphatic carbocycles. The molecule has 5 nitrogen and oxygen atoms in total. The minimum Gasteiger partial charge on any atom is -0.334 e. The molecule has 0 saturated heterocycles. The highest BCUT2D eigenvalue weighted by molar-refractivity contribution is 5.72. The Morgan fingerprint density at radius 2 is 1.86 bits per heavy atom. The summed E-state index contributed by atoms with van der Waals surface area (Å²) in [6.45, 7) is 1.96. The van der Waals surface area contributed by atoms with Crippen LogP contribution in [-0.2, 0) is 11.2 Å². The Labute approximate surface area is 209 Å². The van der Waals surface area contributed by atoms with Crippen molar-refractivity contribution < 1.29 is 13.7 Å². The molecule has 0 bridgehead atoms. The number of aryl methyl sites for hydroxylation is 2. The third kappa shape index (κ3) is 4.26. The van der Waals surface area contributed by atoms with Gasteiger partial charge >= 0.3 is 0 Å². The number of halogens is 1. The molecule has 3 aromatic carbocycles. The summed E-state index contributed by atoms with van der Waals surface area (Å²) in [6, 6.07) is 19.7. The number of carbonyl (C=O) groups is 1. The van der Waals surface area contributed by atoms with E-state index in [1.54, 1.807) is 12.1 Å². The van der Waals surface area contributed by atoms with Crippen LogP contribution in [0.2, 0.25) is 0 Å². The number of hydrogen-bond acceptors (Lipinski definition) is 5. The molecule has 1 aromatic heterocycles. The van der Waals surface area contributed by atoms with Crippen LogP contribution in [0.3, 0.4) is 0 Å². The Balaban J connectivity index is 1.22. The maximum atomic E-state index is 14.3.